The zero-order valence-corrected chi connectivity index (χ0v) is 19.5. The van der Waals surface area contributed by atoms with Gasteiger partial charge in [-0.3, -0.25) is 4.99 Å². The Morgan fingerprint density at radius 3 is 2.26 bits per heavy atom. The minimum Gasteiger partial charge on any atom is -0.493 e. The molecule has 1 aliphatic heterocycles. The van der Waals surface area contributed by atoms with Gasteiger partial charge in [-0.2, -0.15) is 0 Å². The zero-order chi connectivity index (χ0) is 22.6. The normalized spacial score (nSPS) is 14.4. The molecule has 1 N–H and O–H groups in total. The van der Waals surface area contributed by atoms with Crippen LogP contribution >= 0.6 is 0 Å². The lowest BCUT2D eigenvalue weighted by atomic mass is 9.99. The largest absolute Gasteiger partial charge is 0.493 e. The van der Waals surface area contributed by atoms with Gasteiger partial charge in [0.1, 0.15) is 0 Å². The first kappa shape index (κ1) is 22.9. The van der Waals surface area contributed by atoms with E-state index in [1.807, 2.05) is 24.3 Å². The monoisotopic (exact) mass is 446 g/mol. The van der Waals surface area contributed by atoms with Gasteiger partial charge in [-0.25, -0.2) is 12.7 Å². The first-order chi connectivity index (χ1) is 14.8. The van der Waals surface area contributed by atoms with Gasteiger partial charge < -0.3 is 19.7 Å². The van der Waals surface area contributed by atoms with Gasteiger partial charge in [0.2, 0.25) is 10.0 Å². The average Bonchev–Trinajstić information content (AvgIpc) is 2.78. The maximum Gasteiger partial charge on any atom is 0.242 e. The van der Waals surface area contributed by atoms with Crippen molar-refractivity contribution in [2.24, 2.45) is 4.99 Å². The second-order valence-electron chi connectivity index (χ2n) is 7.48. The highest BCUT2D eigenvalue weighted by molar-refractivity contribution is 7.89. The Balaban J connectivity index is 1.68. The van der Waals surface area contributed by atoms with E-state index in [4.69, 9.17) is 9.47 Å². The van der Waals surface area contributed by atoms with Crippen LogP contribution in [0.5, 0.6) is 11.5 Å². The summed E-state index contributed by atoms with van der Waals surface area (Å²) in [5, 5.41) is 3.38. The molecule has 9 heteroatoms. The van der Waals surface area contributed by atoms with E-state index in [-0.39, 0.29) is 4.90 Å². The summed E-state index contributed by atoms with van der Waals surface area (Å²) >= 11 is 0. The third kappa shape index (κ3) is 4.94. The van der Waals surface area contributed by atoms with Gasteiger partial charge in [0.25, 0.3) is 0 Å². The number of ether oxygens (including phenoxy) is 2. The van der Waals surface area contributed by atoms with Crippen molar-refractivity contribution in [2.75, 3.05) is 41.9 Å². The summed E-state index contributed by atoms with van der Waals surface area (Å²) in [6.45, 7) is 2.10. The first-order valence-corrected chi connectivity index (χ1v) is 11.4. The summed E-state index contributed by atoms with van der Waals surface area (Å²) in [4.78, 5) is 6.90. The lowest BCUT2D eigenvalue weighted by Crippen LogP contribution is -2.43. The fraction of sp³-hybridized carbons (Fsp3) is 0.409. The molecule has 0 saturated carbocycles. The summed E-state index contributed by atoms with van der Waals surface area (Å²) in [7, 11) is 4.67. The Labute approximate surface area is 184 Å². The standard InChI is InChI=1S/C22H30N4O4S/c1-23-22(24-14-16-6-8-19(9-7-16)31(27,28)25(2)3)26-11-10-17-12-20(29-4)21(30-5)13-18(17)15-26/h6-9,12-13H,10-11,14-15H2,1-5H3,(H,23,24). The van der Waals surface area contributed by atoms with Gasteiger partial charge in [0, 0.05) is 40.8 Å². The molecule has 0 aliphatic carbocycles. The van der Waals surface area contributed by atoms with E-state index in [1.54, 1.807) is 33.4 Å². The Morgan fingerprint density at radius 2 is 1.71 bits per heavy atom. The van der Waals surface area contributed by atoms with Crippen LogP contribution in [0.15, 0.2) is 46.3 Å². The molecule has 0 radical (unpaired) electrons. The van der Waals surface area contributed by atoms with Gasteiger partial charge in [0.05, 0.1) is 19.1 Å². The number of rotatable bonds is 6. The molecule has 31 heavy (non-hydrogen) atoms. The number of nitrogens with zero attached hydrogens (tertiary/aromatic N) is 3. The molecule has 0 spiro atoms. The van der Waals surface area contributed by atoms with Crippen LogP contribution in [0.4, 0.5) is 0 Å². The second kappa shape index (κ2) is 9.57. The molecule has 1 aliphatic rings. The number of sulfonamides is 1. The lowest BCUT2D eigenvalue weighted by Gasteiger charge is -2.32. The highest BCUT2D eigenvalue weighted by atomic mass is 32.2. The van der Waals surface area contributed by atoms with Crippen LogP contribution in [0.3, 0.4) is 0 Å². The van der Waals surface area contributed by atoms with Crippen molar-refractivity contribution < 1.29 is 17.9 Å². The van der Waals surface area contributed by atoms with Crippen LogP contribution in [0.25, 0.3) is 0 Å². The number of methoxy groups -OCH3 is 2. The van der Waals surface area contributed by atoms with Crippen molar-refractivity contribution in [3.63, 3.8) is 0 Å². The highest BCUT2D eigenvalue weighted by Crippen LogP contribution is 2.33. The van der Waals surface area contributed by atoms with Crippen molar-refractivity contribution in [1.29, 1.82) is 0 Å². The fourth-order valence-electron chi connectivity index (χ4n) is 3.57. The zero-order valence-electron chi connectivity index (χ0n) is 18.7. The van der Waals surface area contributed by atoms with Crippen molar-refractivity contribution in [3.8, 4) is 11.5 Å². The van der Waals surface area contributed by atoms with Crippen LogP contribution in [0.2, 0.25) is 0 Å². The third-order valence-corrected chi connectivity index (χ3v) is 7.21. The van der Waals surface area contributed by atoms with Gasteiger partial charge >= 0.3 is 0 Å². The van der Waals surface area contributed by atoms with Crippen molar-refractivity contribution in [2.45, 2.75) is 24.4 Å². The third-order valence-electron chi connectivity index (χ3n) is 5.38. The molecule has 2 aromatic carbocycles. The molecular weight excluding hydrogens is 416 g/mol. The average molecular weight is 447 g/mol. The molecule has 0 atom stereocenters. The summed E-state index contributed by atoms with van der Waals surface area (Å²) < 4.78 is 36.5. The number of guanidine groups is 1. The lowest BCUT2D eigenvalue weighted by molar-refractivity contribution is 0.346. The van der Waals surface area contributed by atoms with E-state index in [0.717, 1.165) is 42.5 Å². The number of benzene rings is 2. The van der Waals surface area contributed by atoms with Gasteiger partial charge in [-0.05, 0) is 47.4 Å². The van der Waals surface area contributed by atoms with E-state index >= 15 is 0 Å². The summed E-state index contributed by atoms with van der Waals surface area (Å²) in [6, 6.07) is 11.0. The van der Waals surface area contributed by atoms with E-state index in [9.17, 15) is 8.42 Å². The van der Waals surface area contributed by atoms with E-state index in [0.29, 0.717) is 6.54 Å². The molecule has 0 saturated heterocycles. The van der Waals surface area contributed by atoms with Crippen molar-refractivity contribution in [3.05, 3.63) is 53.1 Å². The van der Waals surface area contributed by atoms with E-state index in [2.05, 4.69) is 15.2 Å². The molecule has 2 aromatic rings. The molecule has 3 rings (SSSR count). The molecule has 0 fully saturated rings. The molecular formula is C22H30N4O4S. The Bertz CT molecular complexity index is 1050. The Morgan fingerprint density at radius 1 is 1.10 bits per heavy atom. The quantitative estimate of drug-likeness (QED) is 0.540. The molecule has 8 nitrogen and oxygen atoms in total. The second-order valence-corrected chi connectivity index (χ2v) is 9.63. The minimum atomic E-state index is -3.42. The number of hydrogen-bond acceptors (Lipinski definition) is 5. The molecule has 0 bridgehead atoms. The molecule has 168 valence electrons. The number of aliphatic imine (C=N–C) groups is 1. The predicted octanol–water partition coefficient (Wildman–Crippen LogP) is 2.09. The molecule has 1 heterocycles. The van der Waals surface area contributed by atoms with Crippen molar-refractivity contribution in [1.82, 2.24) is 14.5 Å². The fourth-order valence-corrected chi connectivity index (χ4v) is 4.47. The molecule has 0 amide bonds. The molecule has 0 aromatic heterocycles. The maximum absolute atomic E-state index is 12.2. The smallest absolute Gasteiger partial charge is 0.242 e. The summed E-state index contributed by atoms with van der Waals surface area (Å²) in [6.07, 6.45) is 0.882. The SMILES string of the molecule is CN=C(NCc1ccc(S(=O)(=O)N(C)C)cc1)N1CCc2cc(OC)c(OC)cc2C1. The van der Waals surface area contributed by atoms with Crippen LogP contribution in [0, 0.1) is 0 Å². The topological polar surface area (TPSA) is 83.5 Å². The number of hydrogen-bond donors (Lipinski definition) is 1. The molecule has 0 unspecified atom stereocenters. The maximum atomic E-state index is 12.2. The van der Waals surface area contributed by atoms with Crippen LogP contribution in [-0.2, 0) is 29.5 Å². The van der Waals surface area contributed by atoms with Crippen LogP contribution in [0.1, 0.15) is 16.7 Å². The number of fused-ring (bicyclic) bond motifs is 1. The van der Waals surface area contributed by atoms with Gasteiger partial charge in [-0.1, -0.05) is 12.1 Å². The number of nitrogens with one attached hydrogen (secondary N) is 1. The highest BCUT2D eigenvalue weighted by Gasteiger charge is 2.22. The van der Waals surface area contributed by atoms with E-state index < -0.39 is 10.0 Å². The summed E-state index contributed by atoms with van der Waals surface area (Å²) in [5.74, 6) is 2.26. The van der Waals surface area contributed by atoms with Crippen LogP contribution in [-0.4, -0.2) is 65.5 Å². The van der Waals surface area contributed by atoms with Crippen LogP contribution < -0.4 is 14.8 Å². The summed E-state index contributed by atoms with van der Waals surface area (Å²) in [5.41, 5.74) is 3.41. The van der Waals surface area contributed by atoms with Crippen molar-refractivity contribution >= 4 is 16.0 Å². The minimum absolute atomic E-state index is 0.280. The first-order valence-electron chi connectivity index (χ1n) is 10.0. The van der Waals surface area contributed by atoms with Gasteiger partial charge in [-0.15, -0.1) is 0 Å². The Kier molecular flexibility index (Phi) is 7.07. The van der Waals surface area contributed by atoms with Gasteiger partial charge in [0.15, 0.2) is 17.5 Å². The van der Waals surface area contributed by atoms with E-state index in [1.165, 1.54) is 29.5 Å². The Hall–Kier alpha value is -2.78. The predicted molar refractivity (Wildman–Crippen MR) is 121 cm³/mol.